The molecule has 3 aromatic rings. The Morgan fingerprint density at radius 3 is 1.54 bits per heavy atom. The average Bonchev–Trinajstić information content (AvgIpc) is 2.64. The Labute approximate surface area is 162 Å². The molecule has 0 fully saturated rings. The second-order valence-corrected chi connectivity index (χ2v) is 15.6. The molecule has 0 saturated heterocycles. The molecule has 3 rings (SSSR count). The van der Waals surface area contributed by atoms with Crippen molar-refractivity contribution in [2.45, 2.75) is 53.2 Å². The monoisotopic (exact) mass is 377 g/mol. The van der Waals surface area contributed by atoms with E-state index < -0.39 is 8.07 Å². The van der Waals surface area contributed by atoms with Crippen LogP contribution in [0, 0.1) is 0 Å². The molecule has 0 radical (unpaired) electrons. The van der Waals surface area contributed by atoms with Crippen molar-refractivity contribution in [1.29, 1.82) is 0 Å². The van der Waals surface area contributed by atoms with Crippen molar-refractivity contribution in [1.82, 2.24) is 0 Å². The van der Waals surface area contributed by atoms with Gasteiger partial charge in [0.1, 0.15) is 0 Å². The van der Waals surface area contributed by atoms with Gasteiger partial charge in [-0.1, -0.05) is 80.6 Å². The first-order chi connectivity index (χ1) is 12.5. The Kier molecular flexibility index (Phi) is 6.39. The lowest BCUT2D eigenvalue weighted by Gasteiger charge is -2.15. The molecule has 0 heterocycles. The van der Waals surface area contributed by atoms with Crippen LogP contribution >= 0.6 is 0 Å². The zero-order chi connectivity index (χ0) is 18.4. The van der Waals surface area contributed by atoms with E-state index in [-0.39, 0.29) is 10.9 Å². The van der Waals surface area contributed by atoms with Gasteiger partial charge in [-0.25, -0.2) is 0 Å². The first-order valence-corrected chi connectivity index (χ1v) is 14.4. The Bertz CT molecular complexity index is 750. The van der Waals surface area contributed by atoms with Crippen molar-refractivity contribution < 1.29 is 0 Å². The van der Waals surface area contributed by atoms with Crippen molar-refractivity contribution in [3.8, 4) is 0 Å². The third-order valence-corrected chi connectivity index (χ3v) is 8.59. The summed E-state index contributed by atoms with van der Waals surface area (Å²) in [5, 5.41) is 0. The van der Waals surface area contributed by atoms with Crippen molar-refractivity contribution in [3.63, 3.8) is 0 Å². The first-order valence-electron chi connectivity index (χ1n) is 9.46. The van der Waals surface area contributed by atoms with E-state index in [4.69, 9.17) is 0 Å². The minimum Gasteiger partial charge on any atom is -0.0695 e. The molecule has 0 N–H and O–H groups in total. The third-order valence-electron chi connectivity index (χ3n) is 4.51. The Balaban J connectivity index is 1.82. The molecule has 2 heteroatoms. The minimum absolute atomic E-state index is 0.0358. The highest BCUT2D eigenvalue weighted by molar-refractivity contribution is 7.97. The van der Waals surface area contributed by atoms with E-state index >= 15 is 0 Å². The minimum atomic E-state index is -0.927. The van der Waals surface area contributed by atoms with Crippen LogP contribution < -0.4 is 0 Å². The maximum Gasteiger partial charge on any atom is 0.166 e. The molecule has 0 unspecified atom stereocenters. The maximum absolute atomic E-state index is 2.46. The van der Waals surface area contributed by atoms with Gasteiger partial charge in [-0.2, -0.15) is 0 Å². The topological polar surface area (TPSA) is 0 Å². The fourth-order valence-corrected chi connectivity index (χ4v) is 6.46. The van der Waals surface area contributed by atoms with E-state index in [9.17, 15) is 0 Å². The molecule has 0 saturated carbocycles. The normalized spacial score (nSPS) is 11.7. The summed E-state index contributed by atoms with van der Waals surface area (Å²) in [4.78, 5) is 4.16. The highest BCUT2D eigenvalue weighted by atomic mass is 32.2. The fourth-order valence-electron chi connectivity index (χ4n) is 3.14. The molecule has 0 spiro atoms. The van der Waals surface area contributed by atoms with Gasteiger partial charge >= 0.3 is 0 Å². The zero-order valence-corrected chi connectivity index (χ0v) is 17.9. The van der Waals surface area contributed by atoms with Gasteiger partial charge in [-0.15, -0.1) is 0 Å². The molecule has 0 aliphatic rings. The summed E-state index contributed by atoms with van der Waals surface area (Å²) in [5.41, 5.74) is 1.47. The standard InChI is InChI=1S/C24H29SSi/c1-26(2,3)20-10-11-21-16-18-24(19-17-21)25(22-12-6-4-7-13-22)23-14-8-5-9-15-23/h4-9,12-19H,10-11,20H2,1-3H3/q+1. The smallest absolute Gasteiger partial charge is 0.0695 e. The van der Waals surface area contributed by atoms with Crippen molar-refractivity contribution >= 4 is 19.0 Å². The van der Waals surface area contributed by atoms with Crippen LogP contribution in [0.1, 0.15) is 12.0 Å². The van der Waals surface area contributed by atoms with Crippen LogP contribution in [0.5, 0.6) is 0 Å². The fraction of sp³-hybridized carbons (Fsp3) is 0.250. The number of hydrogen-bond acceptors (Lipinski definition) is 0. The molecule has 0 aliphatic carbocycles. The lowest BCUT2D eigenvalue weighted by Crippen LogP contribution is -2.18. The summed E-state index contributed by atoms with van der Waals surface area (Å²) in [6.45, 7) is 7.38. The van der Waals surface area contributed by atoms with Crippen LogP contribution in [0.2, 0.25) is 25.7 Å². The van der Waals surface area contributed by atoms with Gasteiger partial charge in [0.25, 0.3) is 0 Å². The molecular weight excluding hydrogens is 348 g/mol. The van der Waals surface area contributed by atoms with E-state index in [1.165, 1.54) is 39.1 Å². The SMILES string of the molecule is C[Si](C)(C)CCCc1ccc([S+](c2ccccc2)c2ccccc2)cc1. The van der Waals surface area contributed by atoms with Crippen LogP contribution in [-0.2, 0) is 17.3 Å². The quantitative estimate of drug-likeness (QED) is 0.305. The molecule has 0 aliphatic heterocycles. The summed E-state index contributed by atoms with van der Waals surface area (Å²) in [6.07, 6.45) is 2.52. The van der Waals surface area contributed by atoms with E-state index in [1.807, 2.05) is 0 Å². The van der Waals surface area contributed by atoms with E-state index in [1.54, 1.807) is 0 Å². The van der Waals surface area contributed by atoms with E-state index in [2.05, 4.69) is 105 Å². The van der Waals surface area contributed by atoms with Crippen molar-refractivity contribution in [2.24, 2.45) is 0 Å². The summed E-state index contributed by atoms with van der Waals surface area (Å²) in [6, 6.07) is 32.5. The van der Waals surface area contributed by atoms with Crippen LogP contribution in [0.15, 0.2) is 99.6 Å². The highest BCUT2D eigenvalue weighted by Crippen LogP contribution is 2.31. The van der Waals surface area contributed by atoms with Crippen LogP contribution in [-0.4, -0.2) is 8.07 Å². The van der Waals surface area contributed by atoms with Crippen LogP contribution in [0.3, 0.4) is 0 Å². The molecule has 134 valence electrons. The van der Waals surface area contributed by atoms with Gasteiger partial charge < -0.3 is 0 Å². The lowest BCUT2D eigenvalue weighted by molar-refractivity contribution is 0.900. The predicted molar refractivity (Wildman–Crippen MR) is 118 cm³/mol. The number of rotatable bonds is 7. The van der Waals surface area contributed by atoms with Gasteiger partial charge in [0, 0.05) is 8.07 Å². The second kappa shape index (κ2) is 8.74. The summed E-state index contributed by atoms with van der Waals surface area (Å²) in [7, 11) is -0.963. The number of benzene rings is 3. The van der Waals surface area contributed by atoms with E-state index in [0.29, 0.717) is 0 Å². The molecular formula is C24H29SSi+. The predicted octanol–water partition coefficient (Wildman–Crippen LogP) is 7.05. The van der Waals surface area contributed by atoms with Gasteiger partial charge in [0.2, 0.25) is 0 Å². The molecule has 0 atom stereocenters. The largest absolute Gasteiger partial charge is 0.166 e. The van der Waals surface area contributed by atoms with Gasteiger partial charge in [-0.05, 0) is 48.4 Å². The Hall–Kier alpha value is -1.77. The van der Waals surface area contributed by atoms with Gasteiger partial charge in [0.15, 0.2) is 14.7 Å². The molecule has 0 amide bonds. The Morgan fingerprint density at radius 1 is 0.615 bits per heavy atom. The Morgan fingerprint density at radius 2 is 1.08 bits per heavy atom. The maximum atomic E-state index is 2.46. The third kappa shape index (κ3) is 5.36. The van der Waals surface area contributed by atoms with E-state index in [0.717, 1.165) is 0 Å². The summed E-state index contributed by atoms with van der Waals surface area (Å²) >= 11 is 0. The van der Waals surface area contributed by atoms with Gasteiger partial charge in [-0.3, -0.25) is 0 Å². The highest BCUT2D eigenvalue weighted by Gasteiger charge is 2.27. The summed E-state index contributed by atoms with van der Waals surface area (Å²) < 4.78 is 0. The molecule has 0 aromatic heterocycles. The first kappa shape index (κ1) is 19.0. The molecule has 3 aromatic carbocycles. The number of aryl methyl sites for hydroxylation is 1. The molecule has 26 heavy (non-hydrogen) atoms. The van der Waals surface area contributed by atoms with Crippen molar-refractivity contribution in [2.75, 3.05) is 0 Å². The average molecular weight is 378 g/mol. The van der Waals surface area contributed by atoms with Crippen molar-refractivity contribution in [3.05, 3.63) is 90.5 Å². The van der Waals surface area contributed by atoms with Crippen LogP contribution in [0.25, 0.3) is 0 Å². The number of hydrogen-bond donors (Lipinski definition) is 0. The second-order valence-electron chi connectivity index (χ2n) is 7.99. The summed E-state index contributed by atoms with van der Waals surface area (Å²) in [5.74, 6) is 0. The molecule has 0 nitrogen and oxygen atoms in total. The molecule has 0 bridgehead atoms. The van der Waals surface area contributed by atoms with Gasteiger partial charge in [0.05, 0.1) is 10.9 Å². The van der Waals surface area contributed by atoms with Crippen LogP contribution in [0.4, 0.5) is 0 Å². The lowest BCUT2D eigenvalue weighted by atomic mass is 10.1. The zero-order valence-electron chi connectivity index (χ0n) is 16.1.